The van der Waals surface area contributed by atoms with Gasteiger partial charge in [0.25, 0.3) is 0 Å². The van der Waals surface area contributed by atoms with Crippen LogP contribution < -0.4 is 11.1 Å². The Kier molecular flexibility index (Phi) is 3.98. The summed E-state index contributed by atoms with van der Waals surface area (Å²) in [7, 11) is 3.76. The molecule has 3 atom stereocenters. The van der Waals surface area contributed by atoms with Crippen LogP contribution in [0.5, 0.6) is 0 Å². The molecule has 0 aromatic rings. The Labute approximate surface area is 74.7 Å². The second-order valence-electron chi connectivity index (χ2n) is 3.68. The van der Waals surface area contributed by atoms with Gasteiger partial charge >= 0.3 is 0 Å². The number of methoxy groups -OCH3 is 1. The first-order chi connectivity index (χ1) is 5.77. The number of hydrogen-bond acceptors (Lipinski definition) is 3. The van der Waals surface area contributed by atoms with Gasteiger partial charge in [-0.05, 0) is 32.2 Å². The molecular formula is C9H20N2O. The van der Waals surface area contributed by atoms with Crippen molar-refractivity contribution >= 4 is 0 Å². The Morgan fingerprint density at radius 1 is 1.50 bits per heavy atom. The van der Waals surface area contributed by atoms with Crippen LogP contribution in [0, 0.1) is 5.92 Å². The van der Waals surface area contributed by atoms with Gasteiger partial charge in [-0.2, -0.15) is 0 Å². The lowest BCUT2D eigenvalue weighted by atomic mass is 9.82. The first kappa shape index (κ1) is 9.96. The molecule has 0 aliphatic heterocycles. The lowest BCUT2D eigenvalue weighted by Crippen LogP contribution is -2.44. The van der Waals surface area contributed by atoms with Crippen LogP contribution in [0.3, 0.4) is 0 Å². The van der Waals surface area contributed by atoms with E-state index in [9.17, 15) is 0 Å². The van der Waals surface area contributed by atoms with Crippen molar-refractivity contribution in [3.8, 4) is 0 Å². The fourth-order valence-electron chi connectivity index (χ4n) is 1.96. The second kappa shape index (κ2) is 4.80. The van der Waals surface area contributed by atoms with E-state index >= 15 is 0 Å². The van der Waals surface area contributed by atoms with Crippen molar-refractivity contribution in [1.82, 2.24) is 5.32 Å². The van der Waals surface area contributed by atoms with E-state index in [0.29, 0.717) is 18.0 Å². The van der Waals surface area contributed by atoms with E-state index < -0.39 is 0 Å². The molecule has 3 nitrogen and oxygen atoms in total. The van der Waals surface area contributed by atoms with Gasteiger partial charge in [0.1, 0.15) is 0 Å². The predicted octanol–water partition coefficient (Wildman–Crippen LogP) is 0.348. The fraction of sp³-hybridized carbons (Fsp3) is 1.00. The Morgan fingerprint density at radius 2 is 2.25 bits per heavy atom. The van der Waals surface area contributed by atoms with Crippen LogP contribution in [0.4, 0.5) is 0 Å². The Bertz CT molecular complexity index is 130. The van der Waals surface area contributed by atoms with E-state index in [4.69, 9.17) is 10.5 Å². The van der Waals surface area contributed by atoms with Gasteiger partial charge in [-0.25, -0.2) is 0 Å². The molecule has 1 fully saturated rings. The van der Waals surface area contributed by atoms with Gasteiger partial charge in [-0.15, -0.1) is 0 Å². The van der Waals surface area contributed by atoms with Crippen LogP contribution in [0.1, 0.15) is 19.3 Å². The van der Waals surface area contributed by atoms with Gasteiger partial charge in [0, 0.05) is 19.2 Å². The molecule has 0 amide bonds. The van der Waals surface area contributed by atoms with E-state index in [-0.39, 0.29) is 0 Å². The number of nitrogens with two attached hydrogens (primary N) is 1. The van der Waals surface area contributed by atoms with Crippen molar-refractivity contribution in [2.24, 2.45) is 11.7 Å². The van der Waals surface area contributed by atoms with E-state index in [0.717, 1.165) is 19.4 Å². The molecule has 0 aromatic carbocycles. The summed E-state index contributed by atoms with van der Waals surface area (Å²) in [5.74, 6) is 0.543. The highest BCUT2D eigenvalue weighted by Gasteiger charge is 2.26. The van der Waals surface area contributed by atoms with E-state index in [1.54, 1.807) is 7.11 Å². The van der Waals surface area contributed by atoms with Crippen molar-refractivity contribution in [3.05, 3.63) is 0 Å². The van der Waals surface area contributed by atoms with Crippen molar-refractivity contribution in [2.75, 3.05) is 20.8 Å². The molecule has 1 aliphatic rings. The molecule has 1 aliphatic carbocycles. The Balaban J connectivity index is 2.36. The topological polar surface area (TPSA) is 47.3 Å². The molecule has 0 aromatic heterocycles. The molecule has 3 N–H and O–H groups in total. The minimum atomic E-state index is 0.342. The van der Waals surface area contributed by atoms with Crippen LogP contribution in [0.15, 0.2) is 0 Å². The number of rotatable bonds is 3. The van der Waals surface area contributed by atoms with E-state index in [1.807, 2.05) is 7.05 Å². The molecule has 3 heteroatoms. The van der Waals surface area contributed by atoms with Gasteiger partial charge < -0.3 is 15.8 Å². The molecule has 0 saturated heterocycles. The van der Waals surface area contributed by atoms with Crippen LogP contribution in [-0.2, 0) is 4.74 Å². The first-order valence-electron chi connectivity index (χ1n) is 4.69. The normalized spacial score (nSPS) is 36.8. The predicted molar refractivity (Wildman–Crippen MR) is 50.0 cm³/mol. The molecule has 1 rings (SSSR count). The van der Waals surface area contributed by atoms with E-state index in [2.05, 4.69) is 5.32 Å². The third kappa shape index (κ3) is 2.44. The lowest BCUT2D eigenvalue weighted by molar-refractivity contribution is 0.109. The average molecular weight is 172 g/mol. The molecule has 0 spiro atoms. The maximum atomic E-state index is 5.97. The van der Waals surface area contributed by atoms with Crippen LogP contribution in [-0.4, -0.2) is 32.8 Å². The summed E-state index contributed by atoms with van der Waals surface area (Å²) in [6, 6.07) is 0.986. The first-order valence-corrected chi connectivity index (χ1v) is 4.69. The molecule has 0 heterocycles. The van der Waals surface area contributed by atoms with Gasteiger partial charge in [-0.1, -0.05) is 0 Å². The molecule has 0 bridgehead atoms. The summed E-state index contributed by atoms with van der Waals surface area (Å²) in [4.78, 5) is 0. The third-order valence-electron chi connectivity index (χ3n) is 2.83. The smallest absolute Gasteiger partial charge is 0.0505 e. The minimum Gasteiger partial charge on any atom is -0.384 e. The molecule has 3 unspecified atom stereocenters. The van der Waals surface area contributed by atoms with Crippen LogP contribution >= 0.6 is 0 Å². The van der Waals surface area contributed by atoms with Crippen molar-refractivity contribution in [3.63, 3.8) is 0 Å². The zero-order valence-corrected chi connectivity index (χ0v) is 8.05. The Hall–Kier alpha value is -0.120. The quantitative estimate of drug-likeness (QED) is 0.645. The minimum absolute atomic E-state index is 0.342. The third-order valence-corrected chi connectivity index (χ3v) is 2.83. The maximum absolute atomic E-state index is 5.97. The highest BCUT2D eigenvalue weighted by atomic mass is 16.5. The number of hydrogen-bond donors (Lipinski definition) is 2. The van der Waals surface area contributed by atoms with Crippen LogP contribution in [0.2, 0.25) is 0 Å². The van der Waals surface area contributed by atoms with Gasteiger partial charge in [0.05, 0.1) is 6.61 Å². The monoisotopic (exact) mass is 172 g/mol. The SMILES string of the molecule is CNC1CCC(N)C(COC)C1. The van der Waals surface area contributed by atoms with Crippen molar-refractivity contribution < 1.29 is 4.74 Å². The molecule has 12 heavy (non-hydrogen) atoms. The summed E-state index contributed by atoms with van der Waals surface area (Å²) in [5, 5.41) is 3.30. The summed E-state index contributed by atoms with van der Waals surface area (Å²) in [5.41, 5.74) is 5.97. The highest BCUT2D eigenvalue weighted by Crippen LogP contribution is 2.23. The van der Waals surface area contributed by atoms with Crippen molar-refractivity contribution in [1.29, 1.82) is 0 Å². The summed E-state index contributed by atoms with van der Waals surface area (Å²) in [6.45, 7) is 0.805. The van der Waals surface area contributed by atoms with Gasteiger partial charge in [0.2, 0.25) is 0 Å². The van der Waals surface area contributed by atoms with Crippen LogP contribution in [0.25, 0.3) is 0 Å². The largest absolute Gasteiger partial charge is 0.384 e. The molecule has 72 valence electrons. The fourth-order valence-corrected chi connectivity index (χ4v) is 1.96. The molecule has 1 saturated carbocycles. The lowest BCUT2D eigenvalue weighted by Gasteiger charge is -2.33. The summed E-state index contributed by atoms with van der Waals surface area (Å²) >= 11 is 0. The number of nitrogens with one attached hydrogen (secondary N) is 1. The van der Waals surface area contributed by atoms with Crippen molar-refractivity contribution in [2.45, 2.75) is 31.3 Å². The second-order valence-corrected chi connectivity index (χ2v) is 3.68. The summed E-state index contributed by atoms with van der Waals surface area (Å²) < 4.78 is 5.14. The number of ether oxygens (including phenoxy) is 1. The maximum Gasteiger partial charge on any atom is 0.0505 e. The van der Waals surface area contributed by atoms with Gasteiger partial charge in [0.15, 0.2) is 0 Å². The molecule has 0 radical (unpaired) electrons. The van der Waals surface area contributed by atoms with E-state index in [1.165, 1.54) is 6.42 Å². The zero-order valence-electron chi connectivity index (χ0n) is 8.05. The molecular weight excluding hydrogens is 152 g/mol. The Morgan fingerprint density at radius 3 is 2.83 bits per heavy atom. The summed E-state index contributed by atoms with van der Waals surface area (Å²) in [6.07, 6.45) is 3.49. The standard InChI is InChI=1S/C9H20N2O/c1-11-8-3-4-9(10)7(5-8)6-12-2/h7-9,11H,3-6,10H2,1-2H3. The van der Waals surface area contributed by atoms with Gasteiger partial charge in [-0.3, -0.25) is 0 Å². The average Bonchev–Trinajstić information content (AvgIpc) is 2.09. The zero-order chi connectivity index (χ0) is 8.97. The highest BCUT2D eigenvalue weighted by molar-refractivity contribution is 4.84.